The fourth-order valence-electron chi connectivity index (χ4n) is 0.961. The maximum Gasteiger partial charge on any atom is 0.320 e. The van der Waals surface area contributed by atoms with Gasteiger partial charge in [0.05, 0.1) is 0 Å². The van der Waals surface area contributed by atoms with Gasteiger partial charge in [0.1, 0.15) is 6.04 Å². The smallest absolute Gasteiger partial charge is 0.320 e. The van der Waals surface area contributed by atoms with Crippen LogP contribution in [0.4, 0.5) is 0 Å². The second kappa shape index (κ2) is 5.31. The van der Waals surface area contributed by atoms with Crippen LogP contribution < -0.4 is 5.32 Å². The molecule has 76 valence electrons. The zero-order valence-electron chi connectivity index (χ0n) is 7.83. The van der Waals surface area contributed by atoms with Crippen LogP contribution in [0.25, 0.3) is 0 Å². The predicted octanol–water partition coefficient (Wildman–Crippen LogP) is 1.85. The van der Waals surface area contributed by atoms with Gasteiger partial charge >= 0.3 is 5.97 Å². The molecule has 0 saturated carbocycles. The Bertz CT molecular complexity index is 310. The van der Waals surface area contributed by atoms with E-state index in [-0.39, 0.29) is 0 Å². The molecule has 1 aromatic carbocycles. The third-order valence-electron chi connectivity index (χ3n) is 1.90. The minimum atomic E-state index is -0.824. The van der Waals surface area contributed by atoms with Crippen molar-refractivity contribution < 1.29 is 9.90 Å². The van der Waals surface area contributed by atoms with Gasteiger partial charge in [-0.05, 0) is 47.2 Å². The van der Waals surface area contributed by atoms with Gasteiger partial charge in [-0.2, -0.15) is 0 Å². The van der Waals surface area contributed by atoms with Crippen molar-refractivity contribution in [3.63, 3.8) is 0 Å². The molecule has 4 heteroatoms. The van der Waals surface area contributed by atoms with Crippen LogP contribution >= 0.6 is 22.6 Å². The maximum atomic E-state index is 10.5. The molecule has 0 radical (unpaired) electrons. The van der Waals surface area contributed by atoms with E-state index in [1.807, 2.05) is 24.3 Å². The Labute approximate surface area is 96.7 Å². The van der Waals surface area contributed by atoms with Gasteiger partial charge in [-0.3, -0.25) is 4.79 Å². The Morgan fingerprint density at radius 1 is 1.50 bits per heavy atom. The molecular formula is C10H12INO2. The van der Waals surface area contributed by atoms with Crippen molar-refractivity contribution in [1.29, 1.82) is 0 Å². The molecule has 0 bridgehead atoms. The lowest BCUT2D eigenvalue weighted by Crippen LogP contribution is -2.33. The number of carboxylic acids is 1. The second-order valence-corrected chi connectivity index (χ2v) is 4.31. The number of carbonyl (C=O) groups is 1. The van der Waals surface area contributed by atoms with E-state index in [4.69, 9.17) is 5.11 Å². The standard InChI is InChI=1S/C10H12INO2/c1-7(10(13)14)12-6-8-2-4-9(11)5-3-8/h2-5,7,12H,6H2,1H3,(H,13,14). The first-order valence-corrected chi connectivity index (χ1v) is 5.38. The summed E-state index contributed by atoms with van der Waals surface area (Å²) in [5, 5.41) is 11.6. The lowest BCUT2D eigenvalue weighted by Gasteiger charge is -2.08. The van der Waals surface area contributed by atoms with Crippen molar-refractivity contribution in [1.82, 2.24) is 5.32 Å². The molecular weight excluding hydrogens is 293 g/mol. The number of carboxylic acid groups (broad SMARTS) is 1. The molecule has 0 amide bonds. The highest BCUT2D eigenvalue weighted by atomic mass is 127. The van der Waals surface area contributed by atoms with Crippen molar-refractivity contribution in [2.75, 3.05) is 0 Å². The number of benzene rings is 1. The highest BCUT2D eigenvalue weighted by Crippen LogP contribution is 2.06. The molecule has 14 heavy (non-hydrogen) atoms. The number of nitrogens with one attached hydrogen (secondary N) is 1. The first-order valence-electron chi connectivity index (χ1n) is 4.30. The summed E-state index contributed by atoms with van der Waals surface area (Å²) in [4.78, 5) is 10.5. The summed E-state index contributed by atoms with van der Waals surface area (Å²) in [6.07, 6.45) is 0. The predicted molar refractivity (Wildman–Crippen MR) is 63.1 cm³/mol. The van der Waals surface area contributed by atoms with E-state index >= 15 is 0 Å². The molecule has 1 atom stereocenters. The van der Waals surface area contributed by atoms with E-state index in [2.05, 4.69) is 27.9 Å². The topological polar surface area (TPSA) is 49.3 Å². The molecule has 0 aliphatic heterocycles. The van der Waals surface area contributed by atoms with E-state index in [1.54, 1.807) is 6.92 Å². The van der Waals surface area contributed by atoms with Gasteiger partial charge in [0.25, 0.3) is 0 Å². The summed E-state index contributed by atoms with van der Waals surface area (Å²) in [7, 11) is 0. The van der Waals surface area contributed by atoms with Crippen LogP contribution in [0.2, 0.25) is 0 Å². The van der Waals surface area contributed by atoms with Crippen molar-refractivity contribution in [3.05, 3.63) is 33.4 Å². The van der Waals surface area contributed by atoms with Crippen LogP contribution in [-0.2, 0) is 11.3 Å². The Kier molecular flexibility index (Phi) is 4.34. The van der Waals surface area contributed by atoms with E-state index in [0.717, 1.165) is 5.56 Å². The summed E-state index contributed by atoms with van der Waals surface area (Å²) in [6, 6.07) is 7.48. The van der Waals surface area contributed by atoms with Gasteiger partial charge in [0.15, 0.2) is 0 Å². The molecule has 0 heterocycles. The van der Waals surface area contributed by atoms with Crippen molar-refractivity contribution in [3.8, 4) is 0 Å². The molecule has 1 unspecified atom stereocenters. The Morgan fingerprint density at radius 3 is 2.57 bits per heavy atom. The van der Waals surface area contributed by atoms with Gasteiger partial charge in [0.2, 0.25) is 0 Å². The Morgan fingerprint density at radius 2 is 2.07 bits per heavy atom. The molecule has 0 aromatic heterocycles. The Hall–Kier alpha value is -0.620. The fraction of sp³-hybridized carbons (Fsp3) is 0.300. The van der Waals surface area contributed by atoms with Crippen LogP contribution in [0, 0.1) is 3.57 Å². The largest absolute Gasteiger partial charge is 0.480 e. The molecule has 0 spiro atoms. The van der Waals surface area contributed by atoms with Crippen LogP contribution in [0.1, 0.15) is 12.5 Å². The Balaban J connectivity index is 2.46. The molecule has 0 aliphatic carbocycles. The normalized spacial score (nSPS) is 12.4. The summed E-state index contributed by atoms with van der Waals surface area (Å²) < 4.78 is 1.18. The average molecular weight is 305 g/mol. The SMILES string of the molecule is CC(NCc1ccc(I)cc1)C(=O)O. The highest BCUT2D eigenvalue weighted by molar-refractivity contribution is 14.1. The van der Waals surface area contributed by atoms with E-state index < -0.39 is 12.0 Å². The fourth-order valence-corrected chi connectivity index (χ4v) is 1.32. The molecule has 3 nitrogen and oxygen atoms in total. The number of halogens is 1. The summed E-state index contributed by atoms with van der Waals surface area (Å²) in [5.74, 6) is -0.824. The lowest BCUT2D eigenvalue weighted by atomic mass is 10.2. The molecule has 0 saturated heterocycles. The van der Waals surface area contributed by atoms with Gasteiger partial charge in [-0.25, -0.2) is 0 Å². The highest BCUT2D eigenvalue weighted by Gasteiger charge is 2.08. The number of rotatable bonds is 4. The lowest BCUT2D eigenvalue weighted by molar-refractivity contribution is -0.139. The van der Waals surface area contributed by atoms with Crippen LogP contribution in [-0.4, -0.2) is 17.1 Å². The van der Waals surface area contributed by atoms with E-state index in [0.29, 0.717) is 6.54 Å². The summed E-state index contributed by atoms with van der Waals surface area (Å²) in [6.45, 7) is 2.22. The molecule has 0 aliphatic rings. The monoisotopic (exact) mass is 305 g/mol. The third-order valence-corrected chi connectivity index (χ3v) is 2.62. The zero-order chi connectivity index (χ0) is 10.6. The number of aliphatic carboxylic acids is 1. The second-order valence-electron chi connectivity index (χ2n) is 3.07. The minimum Gasteiger partial charge on any atom is -0.480 e. The van der Waals surface area contributed by atoms with E-state index in [9.17, 15) is 4.79 Å². The van der Waals surface area contributed by atoms with Crippen LogP contribution in [0.3, 0.4) is 0 Å². The first kappa shape index (κ1) is 11.5. The van der Waals surface area contributed by atoms with Gasteiger partial charge in [-0.15, -0.1) is 0 Å². The maximum absolute atomic E-state index is 10.5. The van der Waals surface area contributed by atoms with Gasteiger partial charge in [-0.1, -0.05) is 12.1 Å². The zero-order valence-corrected chi connectivity index (χ0v) is 9.98. The van der Waals surface area contributed by atoms with Crippen molar-refractivity contribution in [2.24, 2.45) is 0 Å². The van der Waals surface area contributed by atoms with Crippen LogP contribution in [0.5, 0.6) is 0 Å². The quantitative estimate of drug-likeness (QED) is 0.835. The first-order chi connectivity index (χ1) is 6.59. The number of hydrogen-bond donors (Lipinski definition) is 2. The van der Waals surface area contributed by atoms with Crippen LogP contribution in [0.15, 0.2) is 24.3 Å². The van der Waals surface area contributed by atoms with Crippen molar-refractivity contribution in [2.45, 2.75) is 19.5 Å². The third kappa shape index (κ3) is 3.63. The molecule has 0 fully saturated rings. The molecule has 1 rings (SSSR count). The molecule has 2 N–H and O–H groups in total. The molecule has 1 aromatic rings. The number of hydrogen-bond acceptors (Lipinski definition) is 2. The summed E-state index contributed by atoms with van der Waals surface area (Å²) >= 11 is 2.23. The minimum absolute atomic E-state index is 0.505. The summed E-state index contributed by atoms with van der Waals surface area (Å²) in [5.41, 5.74) is 1.10. The van der Waals surface area contributed by atoms with Gasteiger partial charge in [0, 0.05) is 10.1 Å². The van der Waals surface area contributed by atoms with Crippen molar-refractivity contribution >= 4 is 28.6 Å². The van der Waals surface area contributed by atoms with E-state index in [1.165, 1.54) is 3.57 Å². The van der Waals surface area contributed by atoms with Gasteiger partial charge < -0.3 is 10.4 Å². The average Bonchev–Trinajstić information content (AvgIpc) is 2.16.